The molecular formula is C16H22Cl3N5O2S. The van der Waals surface area contributed by atoms with Crippen molar-refractivity contribution in [3.05, 3.63) is 28.2 Å². The Morgan fingerprint density at radius 3 is 2.63 bits per heavy atom. The van der Waals surface area contributed by atoms with Gasteiger partial charge < -0.3 is 16.2 Å². The number of aliphatic imine (C=N–C) groups is 2. The van der Waals surface area contributed by atoms with Gasteiger partial charge in [0.25, 0.3) is 0 Å². The molecule has 0 radical (unpaired) electrons. The molecule has 2 heterocycles. The summed E-state index contributed by atoms with van der Waals surface area (Å²) in [5, 5.41) is 2.66. The van der Waals surface area contributed by atoms with Crippen molar-refractivity contribution in [3.63, 3.8) is 0 Å². The number of ether oxygens (including phenoxy) is 1. The number of rotatable bonds is 6. The predicted molar refractivity (Wildman–Crippen MR) is 114 cm³/mol. The molecule has 11 heteroatoms. The summed E-state index contributed by atoms with van der Waals surface area (Å²) in [6.45, 7) is 0.853. The van der Waals surface area contributed by atoms with Crippen LogP contribution in [0.4, 0.5) is 0 Å². The van der Waals surface area contributed by atoms with Gasteiger partial charge >= 0.3 is 0 Å². The second-order valence-electron chi connectivity index (χ2n) is 5.94. The van der Waals surface area contributed by atoms with Gasteiger partial charge in [-0.15, -0.1) is 12.4 Å². The van der Waals surface area contributed by atoms with Crippen molar-refractivity contribution < 1.29 is 9.57 Å². The van der Waals surface area contributed by atoms with Crippen molar-refractivity contribution in [2.75, 3.05) is 24.7 Å². The molecule has 3 rings (SSSR count). The van der Waals surface area contributed by atoms with E-state index in [1.165, 1.54) is 0 Å². The molecule has 2 aliphatic heterocycles. The van der Waals surface area contributed by atoms with E-state index in [9.17, 15) is 0 Å². The maximum absolute atomic E-state index is 6.08. The highest BCUT2D eigenvalue weighted by atomic mass is 35.5. The van der Waals surface area contributed by atoms with Crippen molar-refractivity contribution in [1.82, 2.24) is 5.06 Å². The third-order valence-corrected chi connectivity index (χ3v) is 5.61. The highest BCUT2D eigenvalue weighted by molar-refractivity contribution is 7.99. The maximum Gasteiger partial charge on any atom is 0.226 e. The summed E-state index contributed by atoms with van der Waals surface area (Å²) in [7, 11) is 0. The van der Waals surface area contributed by atoms with Gasteiger partial charge in [0, 0.05) is 24.3 Å². The number of hydrogen-bond acceptors (Lipinski definition) is 8. The van der Waals surface area contributed by atoms with E-state index in [1.807, 2.05) is 11.8 Å². The minimum absolute atomic E-state index is 0. The molecule has 0 aliphatic carbocycles. The van der Waals surface area contributed by atoms with E-state index in [-0.39, 0.29) is 24.3 Å². The first-order valence-electron chi connectivity index (χ1n) is 8.28. The lowest BCUT2D eigenvalue weighted by atomic mass is 10.0. The summed E-state index contributed by atoms with van der Waals surface area (Å²) < 4.78 is 5.66. The topological polar surface area (TPSA) is 98.5 Å². The lowest BCUT2D eigenvalue weighted by Crippen LogP contribution is -2.58. The van der Waals surface area contributed by atoms with Crippen LogP contribution in [0.1, 0.15) is 19.3 Å². The number of guanidine groups is 2. The van der Waals surface area contributed by atoms with E-state index >= 15 is 0 Å². The number of thioether (sulfide) groups is 1. The van der Waals surface area contributed by atoms with Crippen LogP contribution in [-0.2, 0) is 4.84 Å². The smallest absolute Gasteiger partial charge is 0.226 e. The molecule has 1 aromatic carbocycles. The Morgan fingerprint density at radius 1 is 1.19 bits per heavy atom. The highest BCUT2D eigenvalue weighted by Gasteiger charge is 2.43. The van der Waals surface area contributed by atoms with Crippen LogP contribution in [0, 0.1) is 0 Å². The van der Waals surface area contributed by atoms with Crippen LogP contribution >= 0.6 is 47.4 Å². The van der Waals surface area contributed by atoms with E-state index in [0.717, 1.165) is 24.3 Å². The molecule has 2 aliphatic rings. The molecule has 0 aromatic heterocycles. The van der Waals surface area contributed by atoms with Gasteiger partial charge in [-0.1, -0.05) is 23.2 Å². The van der Waals surface area contributed by atoms with Crippen LogP contribution in [0.25, 0.3) is 0 Å². The molecule has 1 spiro atoms. The lowest BCUT2D eigenvalue weighted by Gasteiger charge is -2.43. The monoisotopic (exact) mass is 453 g/mol. The average molecular weight is 455 g/mol. The van der Waals surface area contributed by atoms with E-state index in [4.69, 9.17) is 44.2 Å². The lowest BCUT2D eigenvalue weighted by molar-refractivity contribution is -0.171. The molecule has 0 unspecified atom stereocenters. The summed E-state index contributed by atoms with van der Waals surface area (Å²) in [4.78, 5) is 14.5. The van der Waals surface area contributed by atoms with Crippen molar-refractivity contribution >= 4 is 59.3 Å². The van der Waals surface area contributed by atoms with E-state index in [1.54, 1.807) is 23.3 Å². The summed E-state index contributed by atoms with van der Waals surface area (Å²) in [5.41, 5.74) is 11.3. The molecule has 7 nitrogen and oxygen atoms in total. The Balaban J connectivity index is 0.00000261. The molecule has 4 N–H and O–H groups in total. The summed E-state index contributed by atoms with van der Waals surface area (Å²) >= 11 is 13.8. The maximum atomic E-state index is 6.08. The first kappa shape index (κ1) is 22.2. The minimum atomic E-state index is -0.554. The predicted octanol–water partition coefficient (Wildman–Crippen LogP) is 3.28. The van der Waals surface area contributed by atoms with Gasteiger partial charge in [0.05, 0.1) is 18.2 Å². The van der Waals surface area contributed by atoms with Crippen molar-refractivity contribution in [3.8, 4) is 5.75 Å². The Labute approximate surface area is 178 Å². The first-order valence-corrected chi connectivity index (χ1v) is 10.2. The van der Waals surface area contributed by atoms with Crippen LogP contribution < -0.4 is 16.2 Å². The highest BCUT2D eigenvalue weighted by Crippen LogP contribution is 2.35. The fraction of sp³-hybridized carbons (Fsp3) is 0.500. The zero-order valence-electron chi connectivity index (χ0n) is 14.6. The zero-order chi connectivity index (χ0) is 18.6. The average Bonchev–Trinajstić information content (AvgIpc) is 2.59. The van der Waals surface area contributed by atoms with Gasteiger partial charge in [-0.2, -0.15) is 21.8 Å². The number of hydroxylamine groups is 2. The Hall–Kier alpha value is -1.06. The first-order chi connectivity index (χ1) is 12.5. The zero-order valence-corrected chi connectivity index (χ0v) is 17.7. The fourth-order valence-corrected chi connectivity index (χ4v) is 4.46. The molecule has 1 fully saturated rings. The summed E-state index contributed by atoms with van der Waals surface area (Å²) in [5.74, 6) is 2.98. The van der Waals surface area contributed by atoms with Gasteiger partial charge in [0.2, 0.25) is 11.9 Å². The molecule has 1 aromatic rings. The van der Waals surface area contributed by atoms with Gasteiger partial charge in [-0.25, -0.2) is 4.99 Å². The van der Waals surface area contributed by atoms with E-state index < -0.39 is 5.66 Å². The van der Waals surface area contributed by atoms with Gasteiger partial charge in [0.15, 0.2) is 5.66 Å². The molecule has 0 amide bonds. The third-order valence-electron chi connectivity index (χ3n) is 4.09. The minimum Gasteiger partial charge on any atom is -0.492 e. The normalized spacial score (nSPS) is 18.5. The van der Waals surface area contributed by atoms with E-state index in [0.29, 0.717) is 35.4 Å². The van der Waals surface area contributed by atoms with Crippen LogP contribution in [0.15, 0.2) is 28.2 Å². The van der Waals surface area contributed by atoms with Crippen LogP contribution in [0.2, 0.25) is 10.0 Å². The molecule has 0 saturated carbocycles. The third kappa shape index (κ3) is 5.48. The number of nitrogens with two attached hydrogens (primary N) is 2. The number of benzene rings is 1. The Bertz CT molecular complexity index is 713. The standard InChI is InChI=1S/C16H21Cl2N5O2S.ClH/c17-11-2-3-13(12(18)10-11)24-6-1-7-25-23-15(20)21-14(19)22-16(23)4-8-26-9-5-16;/h2-3,10H,1,4-9H2,(H4,19,20,21,22);1H. The Morgan fingerprint density at radius 2 is 1.93 bits per heavy atom. The molecule has 0 atom stereocenters. The summed E-state index contributed by atoms with van der Waals surface area (Å²) in [6, 6.07) is 5.12. The fourth-order valence-electron chi connectivity index (χ4n) is 2.85. The van der Waals surface area contributed by atoms with Crippen LogP contribution in [0.3, 0.4) is 0 Å². The van der Waals surface area contributed by atoms with Crippen molar-refractivity contribution in [2.24, 2.45) is 21.5 Å². The summed E-state index contributed by atoms with van der Waals surface area (Å²) in [6.07, 6.45) is 2.27. The van der Waals surface area contributed by atoms with Gasteiger partial charge in [0.1, 0.15) is 5.75 Å². The molecular weight excluding hydrogens is 433 g/mol. The number of hydrogen-bond donors (Lipinski definition) is 2. The Kier molecular flexibility index (Phi) is 8.18. The quantitative estimate of drug-likeness (QED) is 0.640. The van der Waals surface area contributed by atoms with Crippen LogP contribution in [0.5, 0.6) is 5.75 Å². The molecule has 150 valence electrons. The second-order valence-corrected chi connectivity index (χ2v) is 8.01. The van der Waals surface area contributed by atoms with E-state index in [2.05, 4.69) is 9.98 Å². The van der Waals surface area contributed by atoms with Gasteiger partial charge in [-0.05, 0) is 29.7 Å². The molecule has 27 heavy (non-hydrogen) atoms. The molecule has 0 bridgehead atoms. The number of nitrogens with zero attached hydrogens (tertiary/aromatic N) is 3. The van der Waals surface area contributed by atoms with Crippen molar-refractivity contribution in [2.45, 2.75) is 24.9 Å². The number of halogens is 3. The molecule has 1 saturated heterocycles. The second kappa shape index (κ2) is 9.93. The SMILES string of the molecule is Cl.NC1=NC2(CCSCC2)N(OCCCOc2ccc(Cl)cc2Cl)C(N)=N1. The van der Waals surface area contributed by atoms with Crippen molar-refractivity contribution in [1.29, 1.82) is 0 Å². The largest absolute Gasteiger partial charge is 0.492 e. The van der Waals surface area contributed by atoms with Gasteiger partial charge in [-0.3, -0.25) is 4.84 Å². The van der Waals surface area contributed by atoms with Crippen LogP contribution in [-0.4, -0.2) is 47.4 Å².